The smallest absolute Gasteiger partial charge is 0.335 e. The van der Waals surface area contributed by atoms with Crippen LogP contribution in [0.3, 0.4) is 0 Å². The Morgan fingerprint density at radius 2 is 1.96 bits per heavy atom. The van der Waals surface area contributed by atoms with E-state index in [9.17, 15) is 4.79 Å². The second-order valence-electron chi connectivity index (χ2n) is 4.98. The lowest BCUT2D eigenvalue weighted by Gasteiger charge is -1.96. The summed E-state index contributed by atoms with van der Waals surface area (Å²) >= 11 is 0. The number of nitrogens with zero attached hydrogens (tertiary/aromatic N) is 1. The predicted molar refractivity (Wildman–Crippen MR) is 87.1 cm³/mol. The van der Waals surface area contributed by atoms with Gasteiger partial charge >= 0.3 is 5.97 Å². The first-order valence-corrected chi connectivity index (χ1v) is 7.10. The number of aromatic carboxylic acids is 1. The molecule has 0 aliphatic rings. The van der Waals surface area contributed by atoms with Crippen molar-refractivity contribution in [2.24, 2.45) is 0 Å². The lowest BCUT2D eigenvalue weighted by atomic mass is 10.1. The number of imidazole rings is 1. The zero-order valence-electron chi connectivity index (χ0n) is 12.2. The van der Waals surface area contributed by atoms with E-state index in [0.717, 1.165) is 16.6 Å². The number of carbonyl (C=O) groups is 1. The van der Waals surface area contributed by atoms with Crippen molar-refractivity contribution in [2.45, 2.75) is 6.42 Å². The number of hydrogen-bond acceptors (Lipinski definition) is 3. The molecule has 0 aliphatic carbocycles. The standard InChI is InChI=1S/C18H14N2O3/c21-10-2-1-3-12-4-6-13(7-5-12)17-19-15-9-8-14(18(22)23)11-16(15)20-17/h4-9,11,21H,2,10H2,(H,19,20)(H,22,23). The van der Waals surface area contributed by atoms with Crippen LogP contribution in [-0.2, 0) is 0 Å². The first-order valence-electron chi connectivity index (χ1n) is 7.10. The molecule has 23 heavy (non-hydrogen) atoms. The minimum Gasteiger partial charge on any atom is -0.478 e. The van der Waals surface area contributed by atoms with Crippen LogP contribution in [0.15, 0.2) is 42.5 Å². The van der Waals surface area contributed by atoms with Gasteiger partial charge in [0.2, 0.25) is 0 Å². The lowest BCUT2D eigenvalue weighted by Crippen LogP contribution is -1.94. The summed E-state index contributed by atoms with van der Waals surface area (Å²) in [6.07, 6.45) is 0.456. The van der Waals surface area contributed by atoms with Gasteiger partial charge in [-0.25, -0.2) is 9.78 Å². The number of fused-ring (bicyclic) bond motifs is 1. The molecule has 0 atom stereocenters. The highest BCUT2D eigenvalue weighted by molar-refractivity contribution is 5.93. The third kappa shape index (κ3) is 3.23. The molecule has 3 aromatic rings. The first-order chi connectivity index (χ1) is 11.2. The largest absolute Gasteiger partial charge is 0.478 e. The molecule has 5 nitrogen and oxygen atoms in total. The number of aliphatic hydroxyl groups is 1. The van der Waals surface area contributed by atoms with Crippen LogP contribution in [0.25, 0.3) is 22.4 Å². The van der Waals surface area contributed by atoms with Gasteiger partial charge in [0, 0.05) is 17.5 Å². The molecule has 114 valence electrons. The maximum Gasteiger partial charge on any atom is 0.335 e. The maximum atomic E-state index is 11.0. The van der Waals surface area contributed by atoms with Gasteiger partial charge in [-0.3, -0.25) is 0 Å². The monoisotopic (exact) mass is 306 g/mol. The molecule has 0 aliphatic heterocycles. The van der Waals surface area contributed by atoms with E-state index >= 15 is 0 Å². The highest BCUT2D eigenvalue weighted by Gasteiger charge is 2.08. The molecule has 5 heteroatoms. The van der Waals surface area contributed by atoms with Crippen LogP contribution in [0.1, 0.15) is 22.3 Å². The van der Waals surface area contributed by atoms with Gasteiger partial charge in [0.05, 0.1) is 23.2 Å². The molecule has 2 aromatic carbocycles. The Kier molecular flexibility index (Phi) is 4.09. The SMILES string of the molecule is O=C(O)c1ccc2nc(-c3ccc(C#CCCO)cc3)[nH]c2c1. The van der Waals surface area contributed by atoms with Crippen LogP contribution < -0.4 is 0 Å². The Morgan fingerprint density at radius 3 is 2.65 bits per heavy atom. The van der Waals surface area contributed by atoms with E-state index in [0.29, 0.717) is 17.8 Å². The average molecular weight is 306 g/mol. The summed E-state index contributed by atoms with van der Waals surface area (Å²) in [4.78, 5) is 18.6. The van der Waals surface area contributed by atoms with Gasteiger partial charge in [-0.1, -0.05) is 24.0 Å². The minimum atomic E-state index is -0.964. The number of hydrogen-bond donors (Lipinski definition) is 3. The van der Waals surface area contributed by atoms with E-state index in [2.05, 4.69) is 21.8 Å². The molecular formula is C18H14N2O3. The van der Waals surface area contributed by atoms with Crippen LogP contribution in [0.2, 0.25) is 0 Å². The zero-order chi connectivity index (χ0) is 16.2. The summed E-state index contributed by atoms with van der Waals surface area (Å²) in [5.74, 6) is 5.55. The number of aliphatic hydroxyl groups excluding tert-OH is 1. The fourth-order valence-electron chi connectivity index (χ4n) is 2.21. The number of rotatable bonds is 3. The van der Waals surface area contributed by atoms with Gasteiger partial charge in [-0.05, 0) is 30.3 Å². The summed E-state index contributed by atoms with van der Waals surface area (Å²) in [5, 5.41) is 17.7. The van der Waals surface area contributed by atoms with Crippen LogP contribution in [0.4, 0.5) is 0 Å². The number of nitrogens with one attached hydrogen (secondary N) is 1. The Hall–Kier alpha value is -3.10. The third-order valence-corrected chi connectivity index (χ3v) is 3.36. The number of aromatic nitrogens is 2. The second-order valence-corrected chi connectivity index (χ2v) is 4.98. The Morgan fingerprint density at radius 1 is 1.17 bits per heavy atom. The summed E-state index contributed by atoms with van der Waals surface area (Å²) < 4.78 is 0. The maximum absolute atomic E-state index is 11.0. The molecule has 0 unspecified atom stereocenters. The van der Waals surface area contributed by atoms with Crippen molar-refractivity contribution >= 4 is 17.0 Å². The molecule has 0 saturated carbocycles. The van der Waals surface area contributed by atoms with Gasteiger partial charge in [0.1, 0.15) is 5.82 Å². The molecule has 0 spiro atoms. The highest BCUT2D eigenvalue weighted by Crippen LogP contribution is 2.21. The Bertz CT molecular complexity index is 915. The fourth-order valence-corrected chi connectivity index (χ4v) is 2.21. The zero-order valence-corrected chi connectivity index (χ0v) is 12.2. The van der Waals surface area contributed by atoms with Crippen LogP contribution in [0.5, 0.6) is 0 Å². The number of carboxylic acid groups (broad SMARTS) is 1. The van der Waals surface area contributed by atoms with Crippen LogP contribution >= 0.6 is 0 Å². The molecule has 0 fully saturated rings. The van der Waals surface area contributed by atoms with Crippen molar-refractivity contribution in [1.82, 2.24) is 9.97 Å². The van der Waals surface area contributed by atoms with E-state index in [1.165, 1.54) is 6.07 Å². The van der Waals surface area contributed by atoms with Crippen molar-refractivity contribution in [2.75, 3.05) is 6.61 Å². The summed E-state index contributed by atoms with van der Waals surface area (Å²) in [7, 11) is 0. The number of H-pyrrole nitrogens is 1. The van der Waals surface area contributed by atoms with E-state index in [1.807, 2.05) is 24.3 Å². The van der Waals surface area contributed by atoms with Gasteiger partial charge in [-0.2, -0.15) is 0 Å². The minimum absolute atomic E-state index is 0.0579. The van der Waals surface area contributed by atoms with E-state index in [-0.39, 0.29) is 12.2 Å². The molecule has 0 saturated heterocycles. The van der Waals surface area contributed by atoms with Crippen molar-refractivity contribution in [1.29, 1.82) is 0 Å². The fraction of sp³-hybridized carbons (Fsp3) is 0.111. The van der Waals surface area contributed by atoms with E-state index < -0.39 is 5.97 Å². The highest BCUT2D eigenvalue weighted by atomic mass is 16.4. The summed E-state index contributed by atoms with van der Waals surface area (Å²) in [6, 6.07) is 12.4. The van der Waals surface area contributed by atoms with E-state index in [4.69, 9.17) is 10.2 Å². The van der Waals surface area contributed by atoms with Gasteiger partial charge < -0.3 is 15.2 Å². The summed E-state index contributed by atoms with van der Waals surface area (Å²) in [5.41, 5.74) is 3.39. The van der Waals surface area contributed by atoms with Crippen molar-refractivity contribution < 1.29 is 15.0 Å². The molecule has 3 rings (SSSR count). The molecule has 1 heterocycles. The Labute approximate surface area is 132 Å². The second kappa shape index (κ2) is 6.34. The van der Waals surface area contributed by atoms with Gasteiger partial charge in [0.15, 0.2) is 0 Å². The van der Waals surface area contributed by atoms with Crippen molar-refractivity contribution in [3.05, 3.63) is 53.6 Å². The van der Waals surface area contributed by atoms with Crippen LogP contribution in [-0.4, -0.2) is 32.8 Å². The van der Waals surface area contributed by atoms with Crippen molar-refractivity contribution in [3.8, 4) is 23.2 Å². The predicted octanol–water partition coefficient (Wildman–Crippen LogP) is 2.66. The molecular weight excluding hydrogens is 292 g/mol. The molecule has 0 amide bonds. The van der Waals surface area contributed by atoms with Crippen molar-refractivity contribution in [3.63, 3.8) is 0 Å². The molecule has 1 aromatic heterocycles. The van der Waals surface area contributed by atoms with Gasteiger partial charge in [-0.15, -0.1) is 0 Å². The number of benzene rings is 2. The number of carboxylic acids is 1. The Balaban J connectivity index is 1.91. The lowest BCUT2D eigenvalue weighted by molar-refractivity contribution is 0.0697. The summed E-state index contributed by atoms with van der Waals surface area (Å²) in [6.45, 7) is 0.0579. The molecule has 0 radical (unpaired) electrons. The van der Waals surface area contributed by atoms with Crippen LogP contribution in [0, 0.1) is 11.8 Å². The normalized spacial score (nSPS) is 10.3. The topological polar surface area (TPSA) is 86.2 Å². The third-order valence-electron chi connectivity index (χ3n) is 3.36. The average Bonchev–Trinajstić information content (AvgIpc) is 2.98. The number of aromatic amines is 1. The molecule has 3 N–H and O–H groups in total. The first kappa shape index (κ1) is 14.8. The van der Waals surface area contributed by atoms with Gasteiger partial charge in [0.25, 0.3) is 0 Å². The quantitative estimate of drug-likeness (QED) is 0.649. The van der Waals surface area contributed by atoms with E-state index in [1.54, 1.807) is 12.1 Å². The molecule has 0 bridgehead atoms.